The van der Waals surface area contributed by atoms with Crippen molar-refractivity contribution in [2.45, 2.75) is 6.54 Å². The summed E-state index contributed by atoms with van der Waals surface area (Å²) in [5.41, 5.74) is 1.15. The molecule has 27 heavy (non-hydrogen) atoms. The monoisotopic (exact) mass is 476 g/mol. The second-order valence-corrected chi connectivity index (χ2v) is 6.77. The molecule has 0 aliphatic heterocycles. The van der Waals surface area contributed by atoms with Crippen LogP contribution in [0, 0.1) is 9.39 Å². The first-order valence-electron chi connectivity index (χ1n) is 7.93. The van der Waals surface area contributed by atoms with Crippen molar-refractivity contribution in [3.63, 3.8) is 0 Å². The Morgan fingerprint density at radius 2 is 1.48 bits per heavy atom. The lowest BCUT2D eigenvalue weighted by molar-refractivity contribution is 0.0931. The molecule has 1 aromatic heterocycles. The third-order valence-corrected chi connectivity index (χ3v) is 4.32. The van der Waals surface area contributed by atoms with E-state index < -0.39 is 11.8 Å². The predicted octanol–water partition coefficient (Wildman–Crippen LogP) is 3.40. The van der Waals surface area contributed by atoms with Gasteiger partial charge in [-0.15, -0.1) is 0 Å². The average Bonchev–Trinajstić information content (AvgIpc) is 2.69. The molecule has 8 heteroatoms. The van der Waals surface area contributed by atoms with E-state index in [0.29, 0.717) is 5.69 Å². The van der Waals surface area contributed by atoms with Gasteiger partial charge in [0.1, 0.15) is 5.82 Å². The number of hydrogen-bond acceptors (Lipinski definition) is 4. The summed E-state index contributed by atoms with van der Waals surface area (Å²) in [6.07, 6.45) is 2.69. The van der Waals surface area contributed by atoms with Gasteiger partial charge in [0.05, 0.1) is 0 Å². The molecule has 0 aliphatic rings. The van der Waals surface area contributed by atoms with Gasteiger partial charge in [0.2, 0.25) is 0 Å². The van der Waals surface area contributed by atoms with E-state index >= 15 is 0 Å². The summed E-state index contributed by atoms with van der Waals surface area (Å²) < 4.78 is 14.0. The van der Waals surface area contributed by atoms with Gasteiger partial charge in [-0.25, -0.2) is 14.4 Å². The summed E-state index contributed by atoms with van der Waals surface area (Å²) in [4.78, 5) is 32.9. The number of aromatic nitrogens is 2. The lowest BCUT2D eigenvalue weighted by Gasteiger charge is -2.09. The molecule has 2 N–H and O–H groups in total. The van der Waals surface area contributed by atoms with E-state index in [-0.39, 0.29) is 23.7 Å². The number of anilines is 1. The van der Waals surface area contributed by atoms with Gasteiger partial charge in [-0.3, -0.25) is 9.59 Å². The first-order chi connectivity index (χ1) is 13.0. The SMILES string of the molecule is O=C(NCc1ccc(F)cc1)c1nccnc1C(=O)Nc1ccc(I)cc1. The zero-order chi connectivity index (χ0) is 19.2. The summed E-state index contributed by atoms with van der Waals surface area (Å²) >= 11 is 2.16. The number of hydrogen-bond donors (Lipinski definition) is 2. The molecule has 6 nitrogen and oxygen atoms in total. The van der Waals surface area contributed by atoms with Crippen LogP contribution in [0.4, 0.5) is 10.1 Å². The number of nitrogens with one attached hydrogen (secondary N) is 2. The Morgan fingerprint density at radius 3 is 2.11 bits per heavy atom. The van der Waals surface area contributed by atoms with Gasteiger partial charge in [-0.1, -0.05) is 12.1 Å². The minimum atomic E-state index is -0.541. The number of benzene rings is 2. The fourth-order valence-corrected chi connectivity index (χ4v) is 2.62. The number of carbonyl (C=O) groups excluding carboxylic acids is 2. The summed E-state index contributed by atoms with van der Waals surface area (Å²) in [6.45, 7) is 0.174. The molecule has 2 aromatic carbocycles. The Bertz CT molecular complexity index is 962. The number of amides is 2. The molecule has 0 unspecified atom stereocenters. The van der Waals surface area contributed by atoms with Crippen molar-refractivity contribution in [1.29, 1.82) is 0 Å². The standard InChI is InChI=1S/C19H14FIN4O2/c20-13-3-1-12(2-4-13)11-24-18(26)16-17(23-10-9-22-16)19(27)25-15-7-5-14(21)6-8-15/h1-10H,11H2,(H,24,26)(H,25,27). The van der Waals surface area contributed by atoms with Gasteiger partial charge in [0.25, 0.3) is 11.8 Å². The van der Waals surface area contributed by atoms with Crippen LogP contribution in [0.2, 0.25) is 0 Å². The van der Waals surface area contributed by atoms with Gasteiger partial charge in [-0.05, 0) is 64.6 Å². The number of nitrogens with zero attached hydrogens (tertiary/aromatic N) is 2. The van der Waals surface area contributed by atoms with E-state index in [4.69, 9.17) is 0 Å². The van der Waals surface area contributed by atoms with Crippen molar-refractivity contribution in [1.82, 2.24) is 15.3 Å². The summed E-state index contributed by atoms with van der Waals surface area (Å²) in [7, 11) is 0. The molecule has 0 saturated carbocycles. The van der Waals surface area contributed by atoms with Crippen LogP contribution in [0.1, 0.15) is 26.5 Å². The van der Waals surface area contributed by atoms with Crippen molar-refractivity contribution in [3.05, 3.63) is 87.3 Å². The van der Waals surface area contributed by atoms with Crippen molar-refractivity contribution < 1.29 is 14.0 Å². The molecule has 3 rings (SSSR count). The lowest BCUT2D eigenvalue weighted by Crippen LogP contribution is -2.28. The maximum Gasteiger partial charge on any atom is 0.276 e. The van der Waals surface area contributed by atoms with E-state index in [0.717, 1.165) is 9.13 Å². The maximum atomic E-state index is 12.9. The van der Waals surface area contributed by atoms with Gasteiger partial charge in [0, 0.05) is 28.2 Å². The Balaban J connectivity index is 1.72. The maximum absolute atomic E-state index is 12.9. The third kappa shape index (κ3) is 5.07. The van der Waals surface area contributed by atoms with E-state index in [1.54, 1.807) is 24.3 Å². The highest BCUT2D eigenvalue weighted by molar-refractivity contribution is 14.1. The molecular weight excluding hydrogens is 462 g/mol. The number of carbonyl (C=O) groups is 2. The zero-order valence-electron chi connectivity index (χ0n) is 13.9. The molecule has 0 aliphatic carbocycles. The molecule has 0 radical (unpaired) electrons. The minimum Gasteiger partial charge on any atom is -0.347 e. The first-order valence-corrected chi connectivity index (χ1v) is 9.01. The fourth-order valence-electron chi connectivity index (χ4n) is 2.26. The van der Waals surface area contributed by atoms with Gasteiger partial charge in [-0.2, -0.15) is 0 Å². The highest BCUT2D eigenvalue weighted by Gasteiger charge is 2.20. The van der Waals surface area contributed by atoms with Crippen molar-refractivity contribution in [2.24, 2.45) is 0 Å². The molecule has 0 fully saturated rings. The molecule has 0 atom stereocenters. The molecular formula is C19H14FIN4O2. The van der Waals surface area contributed by atoms with Crippen molar-refractivity contribution >= 4 is 40.1 Å². The van der Waals surface area contributed by atoms with E-state index in [2.05, 4.69) is 43.2 Å². The van der Waals surface area contributed by atoms with Crippen LogP contribution in [-0.2, 0) is 6.54 Å². The zero-order valence-corrected chi connectivity index (χ0v) is 16.1. The Kier molecular flexibility index (Phi) is 6.07. The number of halogens is 2. The highest BCUT2D eigenvalue weighted by atomic mass is 127. The van der Waals surface area contributed by atoms with E-state index in [1.807, 2.05) is 12.1 Å². The average molecular weight is 476 g/mol. The second-order valence-electron chi connectivity index (χ2n) is 5.52. The van der Waals surface area contributed by atoms with Crippen LogP contribution in [0.25, 0.3) is 0 Å². The smallest absolute Gasteiger partial charge is 0.276 e. The number of rotatable bonds is 5. The van der Waals surface area contributed by atoms with Crippen LogP contribution < -0.4 is 10.6 Å². The lowest BCUT2D eigenvalue weighted by atomic mass is 10.2. The van der Waals surface area contributed by atoms with Crippen LogP contribution in [0.15, 0.2) is 60.9 Å². The predicted molar refractivity (Wildman–Crippen MR) is 107 cm³/mol. The van der Waals surface area contributed by atoms with E-state index in [1.165, 1.54) is 24.5 Å². The van der Waals surface area contributed by atoms with E-state index in [9.17, 15) is 14.0 Å². The fraction of sp³-hybridized carbons (Fsp3) is 0.0526. The first kappa shape index (κ1) is 18.9. The third-order valence-electron chi connectivity index (χ3n) is 3.60. The summed E-state index contributed by atoms with van der Waals surface area (Å²) in [5.74, 6) is -1.43. The van der Waals surface area contributed by atoms with Crippen LogP contribution in [-0.4, -0.2) is 21.8 Å². The molecule has 0 saturated heterocycles. The topological polar surface area (TPSA) is 84.0 Å². The van der Waals surface area contributed by atoms with Crippen molar-refractivity contribution in [2.75, 3.05) is 5.32 Å². The largest absolute Gasteiger partial charge is 0.347 e. The molecule has 1 heterocycles. The summed E-state index contributed by atoms with van der Waals surface area (Å²) in [5, 5.41) is 5.35. The summed E-state index contributed by atoms with van der Waals surface area (Å²) in [6, 6.07) is 13.0. The highest BCUT2D eigenvalue weighted by Crippen LogP contribution is 2.13. The molecule has 2 amide bonds. The van der Waals surface area contributed by atoms with Crippen LogP contribution in [0.5, 0.6) is 0 Å². The second kappa shape index (κ2) is 8.67. The van der Waals surface area contributed by atoms with Crippen molar-refractivity contribution in [3.8, 4) is 0 Å². The van der Waals surface area contributed by atoms with Gasteiger partial charge in [0.15, 0.2) is 11.4 Å². The molecule has 136 valence electrons. The quantitative estimate of drug-likeness (QED) is 0.554. The Labute approximate surface area is 168 Å². The molecule has 0 bridgehead atoms. The van der Waals surface area contributed by atoms with Crippen LogP contribution >= 0.6 is 22.6 Å². The Morgan fingerprint density at radius 1 is 0.889 bits per heavy atom. The Hall–Kier alpha value is -2.88. The molecule has 3 aromatic rings. The minimum absolute atomic E-state index is 0.0762. The van der Waals surface area contributed by atoms with Crippen LogP contribution in [0.3, 0.4) is 0 Å². The normalized spacial score (nSPS) is 10.3. The molecule has 0 spiro atoms. The van der Waals surface area contributed by atoms with Gasteiger partial charge >= 0.3 is 0 Å². The van der Waals surface area contributed by atoms with Gasteiger partial charge < -0.3 is 10.6 Å².